The standard InChI is InChI=1S/C21H24BrN3S2/c1-21(2,3)13-6-9-15-16(10-13)27-19-17(15)18(23)24-20(25-19)26-11-12-4-7-14(22)8-5-12/h4-5,7-8,13H,6,9-11H2,1-3H3,(H2,23,24,25). The number of thiophene rings is 1. The summed E-state index contributed by atoms with van der Waals surface area (Å²) in [5, 5.41) is 1.88. The first-order chi connectivity index (χ1) is 12.8. The van der Waals surface area contributed by atoms with E-state index in [-0.39, 0.29) is 0 Å². The van der Waals surface area contributed by atoms with E-state index in [1.165, 1.54) is 22.4 Å². The lowest BCUT2D eigenvalue weighted by Crippen LogP contribution is -2.26. The summed E-state index contributed by atoms with van der Waals surface area (Å²) in [5.74, 6) is 2.21. The minimum Gasteiger partial charge on any atom is -0.383 e. The molecule has 1 aliphatic carbocycles. The number of nitrogen functional groups attached to an aromatic ring is 1. The molecule has 0 fully saturated rings. The van der Waals surface area contributed by atoms with E-state index in [4.69, 9.17) is 10.7 Å². The van der Waals surface area contributed by atoms with Gasteiger partial charge >= 0.3 is 0 Å². The van der Waals surface area contributed by atoms with E-state index in [1.807, 2.05) is 11.3 Å². The Morgan fingerprint density at radius 3 is 2.67 bits per heavy atom. The fourth-order valence-corrected chi connectivity index (χ4v) is 6.15. The molecule has 2 aromatic heterocycles. The van der Waals surface area contributed by atoms with Crippen LogP contribution in [-0.2, 0) is 18.6 Å². The van der Waals surface area contributed by atoms with Gasteiger partial charge in [0.25, 0.3) is 0 Å². The second-order valence-corrected chi connectivity index (χ2v) is 11.2. The zero-order chi connectivity index (χ0) is 19.2. The van der Waals surface area contributed by atoms with E-state index in [0.717, 1.165) is 44.4 Å². The number of aromatic nitrogens is 2. The number of rotatable bonds is 3. The van der Waals surface area contributed by atoms with Crippen molar-refractivity contribution >= 4 is 55.1 Å². The number of thioether (sulfide) groups is 1. The first kappa shape index (κ1) is 19.2. The van der Waals surface area contributed by atoms with Crippen LogP contribution in [0, 0.1) is 11.3 Å². The molecule has 2 N–H and O–H groups in total. The molecule has 1 atom stereocenters. The fraction of sp³-hybridized carbons (Fsp3) is 0.429. The average molecular weight is 462 g/mol. The molecule has 4 rings (SSSR count). The van der Waals surface area contributed by atoms with Gasteiger partial charge in [0.1, 0.15) is 10.6 Å². The van der Waals surface area contributed by atoms with Crippen LogP contribution >= 0.6 is 39.0 Å². The molecule has 0 saturated heterocycles. The third-order valence-electron chi connectivity index (χ3n) is 5.42. The van der Waals surface area contributed by atoms with Crippen molar-refractivity contribution in [2.75, 3.05) is 5.73 Å². The molecule has 0 saturated carbocycles. The Balaban J connectivity index is 1.60. The van der Waals surface area contributed by atoms with Gasteiger partial charge in [0, 0.05) is 15.1 Å². The van der Waals surface area contributed by atoms with Crippen molar-refractivity contribution in [3.05, 3.63) is 44.7 Å². The highest BCUT2D eigenvalue weighted by Gasteiger charge is 2.31. The highest BCUT2D eigenvalue weighted by atomic mass is 79.9. The lowest BCUT2D eigenvalue weighted by molar-refractivity contribution is 0.218. The van der Waals surface area contributed by atoms with Crippen LogP contribution in [-0.4, -0.2) is 9.97 Å². The molecule has 6 heteroatoms. The Bertz CT molecular complexity index is 974. The van der Waals surface area contributed by atoms with Crippen molar-refractivity contribution in [3.8, 4) is 0 Å². The van der Waals surface area contributed by atoms with E-state index < -0.39 is 0 Å². The number of anilines is 1. The van der Waals surface area contributed by atoms with Gasteiger partial charge in [0.15, 0.2) is 5.16 Å². The van der Waals surface area contributed by atoms with Gasteiger partial charge in [-0.2, -0.15) is 0 Å². The Labute approximate surface area is 177 Å². The summed E-state index contributed by atoms with van der Waals surface area (Å²) in [4.78, 5) is 12.0. The monoisotopic (exact) mass is 461 g/mol. The molecule has 3 nitrogen and oxygen atoms in total. The summed E-state index contributed by atoms with van der Waals surface area (Å²) in [6, 6.07) is 8.37. The molecule has 1 aromatic carbocycles. The summed E-state index contributed by atoms with van der Waals surface area (Å²) in [5.41, 5.74) is 9.37. The third kappa shape index (κ3) is 4.03. The van der Waals surface area contributed by atoms with Gasteiger partial charge in [-0.15, -0.1) is 11.3 Å². The predicted molar refractivity (Wildman–Crippen MR) is 121 cm³/mol. The van der Waals surface area contributed by atoms with Crippen molar-refractivity contribution in [1.29, 1.82) is 0 Å². The quantitative estimate of drug-likeness (QED) is 0.358. The highest BCUT2D eigenvalue weighted by molar-refractivity contribution is 9.10. The largest absolute Gasteiger partial charge is 0.383 e. The van der Waals surface area contributed by atoms with Gasteiger partial charge in [-0.25, -0.2) is 9.97 Å². The zero-order valence-corrected chi connectivity index (χ0v) is 19.1. The Kier molecular flexibility index (Phi) is 5.25. The molecule has 2 heterocycles. The summed E-state index contributed by atoms with van der Waals surface area (Å²) in [6.45, 7) is 7.04. The molecule has 1 aliphatic rings. The number of nitrogens with zero attached hydrogens (tertiary/aromatic N) is 2. The van der Waals surface area contributed by atoms with Crippen LogP contribution in [0.3, 0.4) is 0 Å². The predicted octanol–water partition coefficient (Wildman–Crippen LogP) is 6.48. The molecule has 0 aliphatic heterocycles. The van der Waals surface area contributed by atoms with Crippen molar-refractivity contribution in [1.82, 2.24) is 9.97 Å². The summed E-state index contributed by atoms with van der Waals surface area (Å²) >= 11 is 6.94. The molecule has 0 radical (unpaired) electrons. The van der Waals surface area contributed by atoms with Crippen LogP contribution in [0.25, 0.3) is 10.2 Å². The van der Waals surface area contributed by atoms with Crippen molar-refractivity contribution in [3.63, 3.8) is 0 Å². The Morgan fingerprint density at radius 1 is 1.22 bits per heavy atom. The lowest BCUT2D eigenvalue weighted by atomic mass is 9.72. The zero-order valence-electron chi connectivity index (χ0n) is 15.9. The number of hydrogen-bond acceptors (Lipinski definition) is 5. The van der Waals surface area contributed by atoms with Crippen molar-refractivity contribution < 1.29 is 0 Å². The molecule has 0 amide bonds. The van der Waals surface area contributed by atoms with Gasteiger partial charge in [0.2, 0.25) is 0 Å². The van der Waals surface area contributed by atoms with Crippen LogP contribution in [0.2, 0.25) is 0 Å². The van der Waals surface area contributed by atoms with E-state index in [1.54, 1.807) is 11.8 Å². The van der Waals surface area contributed by atoms with E-state index in [9.17, 15) is 0 Å². The Hall–Kier alpha value is -1.11. The van der Waals surface area contributed by atoms with Crippen LogP contribution in [0.5, 0.6) is 0 Å². The van der Waals surface area contributed by atoms with Gasteiger partial charge < -0.3 is 5.73 Å². The van der Waals surface area contributed by atoms with Crippen molar-refractivity contribution in [2.24, 2.45) is 11.3 Å². The van der Waals surface area contributed by atoms with Crippen LogP contribution < -0.4 is 5.73 Å². The third-order valence-corrected chi connectivity index (χ3v) is 8.02. The number of fused-ring (bicyclic) bond motifs is 3. The van der Waals surface area contributed by atoms with Crippen LogP contribution in [0.4, 0.5) is 5.82 Å². The minimum absolute atomic E-state index is 0.344. The molecule has 142 valence electrons. The summed E-state index contributed by atoms with van der Waals surface area (Å²) in [6.07, 6.45) is 3.46. The number of benzene rings is 1. The molecule has 27 heavy (non-hydrogen) atoms. The van der Waals surface area contributed by atoms with Gasteiger partial charge in [0.05, 0.1) is 5.39 Å². The minimum atomic E-state index is 0.344. The average Bonchev–Trinajstić information content (AvgIpc) is 2.98. The first-order valence-electron chi connectivity index (χ1n) is 9.26. The maximum atomic E-state index is 6.37. The maximum Gasteiger partial charge on any atom is 0.191 e. The number of nitrogens with two attached hydrogens (primary N) is 1. The van der Waals surface area contributed by atoms with Gasteiger partial charge in [-0.1, -0.05) is 60.6 Å². The number of aryl methyl sites for hydroxylation is 1. The van der Waals surface area contributed by atoms with Gasteiger partial charge in [-0.3, -0.25) is 0 Å². The van der Waals surface area contributed by atoms with E-state index in [0.29, 0.717) is 11.2 Å². The second-order valence-electron chi connectivity index (χ2n) is 8.30. The molecule has 0 bridgehead atoms. The Morgan fingerprint density at radius 2 is 1.96 bits per heavy atom. The maximum absolute atomic E-state index is 6.37. The topological polar surface area (TPSA) is 51.8 Å². The second kappa shape index (κ2) is 7.37. The van der Waals surface area contributed by atoms with E-state index >= 15 is 0 Å². The molecule has 1 unspecified atom stereocenters. The number of halogens is 1. The molecular formula is C21H24BrN3S2. The smallest absolute Gasteiger partial charge is 0.191 e. The van der Waals surface area contributed by atoms with E-state index in [2.05, 4.69) is 66.0 Å². The normalized spacial score (nSPS) is 17.3. The lowest BCUT2D eigenvalue weighted by Gasteiger charge is -2.33. The highest BCUT2D eigenvalue weighted by Crippen LogP contribution is 2.44. The van der Waals surface area contributed by atoms with Crippen LogP contribution in [0.1, 0.15) is 43.2 Å². The van der Waals surface area contributed by atoms with Crippen LogP contribution in [0.15, 0.2) is 33.9 Å². The fourth-order valence-electron chi connectivity index (χ4n) is 3.72. The van der Waals surface area contributed by atoms with Crippen molar-refractivity contribution in [2.45, 2.75) is 50.9 Å². The number of hydrogen-bond donors (Lipinski definition) is 1. The molecule has 3 aromatic rings. The summed E-state index contributed by atoms with van der Waals surface area (Å²) < 4.78 is 1.09. The first-order valence-corrected chi connectivity index (χ1v) is 11.9. The molecule has 0 spiro atoms. The SMILES string of the molecule is CC(C)(C)C1CCc2c(sc3nc(SCc4ccc(Br)cc4)nc(N)c23)C1. The molecular weight excluding hydrogens is 438 g/mol. The van der Waals surface area contributed by atoms with Gasteiger partial charge in [-0.05, 0) is 53.9 Å². The summed E-state index contributed by atoms with van der Waals surface area (Å²) in [7, 11) is 0.